The summed E-state index contributed by atoms with van der Waals surface area (Å²) in [4.78, 5) is 0. The van der Waals surface area contributed by atoms with Gasteiger partial charge in [-0.15, -0.1) is 0 Å². The minimum Gasteiger partial charge on any atom is -0.393 e. The van der Waals surface area contributed by atoms with Gasteiger partial charge in [-0.3, -0.25) is 0 Å². The van der Waals surface area contributed by atoms with Crippen LogP contribution < -0.4 is 0 Å². The lowest BCUT2D eigenvalue weighted by molar-refractivity contribution is 0.0474. The first-order valence-electron chi connectivity index (χ1n) is 6.72. The fourth-order valence-electron chi connectivity index (χ4n) is 2.91. The van der Waals surface area contributed by atoms with Crippen LogP contribution >= 0.6 is 15.9 Å². The molecule has 18 heavy (non-hydrogen) atoms. The first kappa shape index (κ1) is 14.0. The van der Waals surface area contributed by atoms with Crippen molar-refractivity contribution in [2.75, 3.05) is 0 Å². The van der Waals surface area contributed by atoms with Crippen molar-refractivity contribution in [3.8, 4) is 0 Å². The third kappa shape index (κ3) is 3.33. The van der Waals surface area contributed by atoms with E-state index < -0.39 is 0 Å². The third-order valence-corrected chi connectivity index (χ3v) is 4.86. The van der Waals surface area contributed by atoms with Crippen molar-refractivity contribution >= 4 is 15.9 Å². The maximum Gasteiger partial charge on any atom is 0.124 e. The summed E-state index contributed by atoms with van der Waals surface area (Å²) in [5, 5.41) is 10.1. The van der Waals surface area contributed by atoms with Gasteiger partial charge in [0, 0.05) is 4.47 Å². The largest absolute Gasteiger partial charge is 0.393 e. The fourth-order valence-corrected chi connectivity index (χ4v) is 3.42. The van der Waals surface area contributed by atoms with Crippen LogP contribution in [0.25, 0.3) is 0 Å². The molecular weight excluding hydrogens is 295 g/mol. The van der Waals surface area contributed by atoms with Gasteiger partial charge in [-0.1, -0.05) is 35.3 Å². The molecule has 3 atom stereocenters. The molecule has 0 aliphatic heterocycles. The van der Waals surface area contributed by atoms with Gasteiger partial charge in [-0.25, -0.2) is 4.39 Å². The van der Waals surface area contributed by atoms with E-state index in [0.29, 0.717) is 5.92 Å². The Bertz CT molecular complexity index is 407. The maximum absolute atomic E-state index is 13.0. The molecule has 0 aromatic heterocycles. The number of hydrogen-bond donors (Lipinski definition) is 1. The molecule has 0 heterocycles. The molecule has 1 fully saturated rings. The lowest BCUT2D eigenvalue weighted by atomic mass is 9.76. The highest BCUT2D eigenvalue weighted by Gasteiger charge is 2.28. The Balaban J connectivity index is 2.07. The molecule has 1 saturated carbocycles. The standard InChI is InChI=1S/C15H20BrFO/c1-2-10-3-6-15(18)12(7-10)8-11-4-5-13(17)9-14(11)16/h4-5,9-10,12,15,18H,2-3,6-8H2,1H3. The number of aliphatic hydroxyl groups excluding tert-OH is 1. The lowest BCUT2D eigenvalue weighted by Gasteiger charge is -2.33. The van der Waals surface area contributed by atoms with Crippen molar-refractivity contribution in [3.05, 3.63) is 34.1 Å². The molecule has 0 spiro atoms. The highest BCUT2D eigenvalue weighted by molar-refractivity contribution is 9.10. The van der Waals surface area contributed by atoms with E-state index in [-0.39, 0.29) is 11.9 Å². The molecule has 0 saturated heterocycles. The van der Waals surface area contributed by atoms with E-state index >= 15 is 0 Å². The monoisotopic (exact) mass is 314 g/mol. The van der Waals surface area contributed by atoms with E-state index in [9.17, 15) is 9.50 Å². The molecule has 1 aliphatic rings. The molecule has 0 bridgehead atoms. The van der Waals surface area contributed by atoms with E-state index in [1.807, 2.05) is 6.07 Å². The summed E-state index contributed by atoms with van der Waals surface area (Å²) in [5.74, 6) is 0.823. The summed E-state index contributed by atoms with van der Waals surface area (Å²) in [6.07, 6.45) is 4.94. The van der Waals surface area contributed by atoms with Crippen LogP contribution in [-0.4, -0.2) is 11.2 Å². The van der Waals surface area contributed by atoms with Crippen molar-refractivity contribution in [1.82, 2.24) is 0 Å². The Labute approximate surface area is 117 Å². The van der Waals surface area contributed by atoms with Gasteiger partial charge < -0.3 is 5.11 Å². The molecule has 0 amide bonds. The molecule has 2 rings (SSSR count). The van der Waals surface area contributed by atoms with Crippen LogP contribution in [-0.2, 0) is 6.42 Å². The zero-order valence-corrected chi connectivity index (χ0v) is 12.3. The lowest BCUT2D eigenvalue weighted by Crippen LogP contribution is -2.30. The van der Waals surface area contributed by atoms with Gasteiger partial charge in [0.25, 0.3) is 0 Å². The highest BCUT2D eigenvalue weighted by Crippen LogP contribution is 2.34. The van der Waals surface area contributed by atoms with Crippen molar-refractivity contribution in [2.24, 2.45) is 11.8 Å². The van der Waals surface area contributed by atoms with E-state index in [1.54, 1.807) is 0 Å². The van der Waals surface area contributed by atoms with Crippen molar-refractivity contribution in [2.45, 2.75) is 45.1 Å². The smallest absolute Gasteiger partial charge is 0.124 e. The molecule has 100 valence electrons. The molecule has 3 heteroatoms. The van der Waals surface area contributed by atoms with E-state index in [0.717, 1.165) is 41.6 Å². The molecule has 1 nitrogen and oxygen atoms in total. The van der Waals surface area contributed by atoms with Crippen molar-refractivity contribution < 1.29 is 9.50 Å². The number of aliphatic hydroxyl groups is 1. The van der Waals surface area contributed by atoms with Gasteiger partial charge in [0.2, 0.25) is 0 Å². The van der Waals surface area contributed by atoms with Crippen LogP contribution in [0.5, 0.6) is 0 Å². The number of halogens is 2. The maximum atomic E-state index is 13.0. The average Bonchev–Trinajstić information content (AvgIpc) is 2.35. The van der Waals surface area contributed by atoms with E-state index in [2.05, 4.69) is 22.9 Å². The first-order valence-corrected chi connectivity index (χ1v) is 7.51. The second-order valence-electron chi connectivity index (χ2n) is 5.35. The van der Waals surface area contributed by atoms with Crippen LogP contribution in [0.15, 0.2) is 22.7 Å². The van der Waals surface area contributed by atoms with Crippen LogP contribution in [0.1, 0.15) is 38.2 Å². The second kappa shape index (κ2) is 6.16. The molecule has 1 aliphatic carbocycles. The Morgan fingerprint density at radius 1 is 1.39 bits per heavy atom. The Kier molecular flexibility index (Phi) is 4.79. The third-order valence-electron chi connectivity index (χ3n) is 4.13. The Morgan fingerprint density at radius 2 is 2.17 bits per heavy atom. The SMILES string of the molecule is CCC1CCC(O)C(Cc2ccc(F)cc2Br)C1. The van der Waals surface area contributed by atoms with Gasteiger partial charge in [0.05, 0.1) is 6.10 Å². The van der Waals surface area contributed by atoms with Gasteiger partial charge in [0.15, 0.2) is 0 Å². The number of rotatable bonds is 3. The quantitative estimate of drug-likeness (QED) is 0.881. The summed E-state index contributed by atoms with van der Waals surface area (Å²) in [7, 11) is 0. The van der Waals surface area contributed by atoms with Crippen LogP contribution in [0.4, 0.5) is 4.39 Å². The average molecular weight is 315 g/mol. The molecule has 1 aromatic rings. The van der Waals surface area contributed by atoms with E-state index in [4.69, 9.17) is 0 Å². The molecule has 1 aromatic carbocycles. The van der Waals surface area contributed by atoms with Crippen LogP contribution in [0.3, 0.4) is 0 Å². The Hall–Kier alpha value is -0.410. The molecule has 3 unspecified atom stereocenters. The topological polar surface area (TPSA) is 20.2 Å². The fraction of sp³-hybridized carbons (Fsp3) is 0.600. The number of benzene rings is 1. The highest BCUT2D eigenvalue weighted by atomic mass is 79.9. The van der Waals surface area contributed by atoms with Gasteiger partial charge in [0.1, 0.15) is 5.82 Å². The summed E-state index contributed by atoms with van der Waals surface area (Å²) < 4.78 is 13.9. The minimum atomic E-state index is -0.221. The normalized spacial score (nSPS) is 28.3. The zero-order chi connectivity index (χ0) is 13.1. The van der Waals surface area contributed by atoms with Crippen LogP contribution in [0, 0.1) is 17.7 Å². The van der Waals surface area contributed by atoms with E-state index in [1.165, 1.54) is 18.6 Å². The second-order valence-corrected chi connectivity index (χ2v) is 6.21. The summed E-state index contributed by atoms with van der Waals surface area (Å²) in [6.45, 7) is 2.22. The molecule has 0 radical (unpaired) electrons. The van der Waals surface area contributed by atoms with Gasteiger partial charge in [-0.05, 0) is 55.2 Å². The van der Waals surface area contributed by atoms with Crippen molar-refractivity contribution in [3.63, 3.8) is 0 Å². The van der Waals surface area contributed by atoms with Crippen LogP contribution in [0.2, 0.25) is 0 Å². The molecular formula is C15H20BrFO. The predicted molar refractivity (Wildman–Crippen MR) is 74.9 cm³/mol. The van der Waals surface area contributed by atoms with Crippen molar-refractivity contribution in [1.29, 1.82) is 0 Å². The summed E-state index contributed by atoms with van der Waals surface area (Å²) in [5.41, 5.74) is 1.09. The zero-order valence-electron chi connectivity index (χ0n) is 10.7. The van der Waals surface area contributed by atoms with Gasteiger partial charge >= 0.3 is 0 Å². The Morgan fingerprint density at radius 3 is 2.83 bits per heavy atom. The predicted octanol–water partition coefficient (Wildman–Crippen LogP) is 4.32. The molecule has 1 N–H and O–H groups in total. The minimum absolute atomic E-state index is 0.204. The first-order chi connectivity index (χ1) is 8.60. The van der Waals surface area contributed by atoms with Gasteiger partial charge in [-0.2, -0.15) is 0 Å². The summed E-state index contributed by atoms with van der Waals surface area (Å²) in [6, 6.07) is 4.82. The number of hydrogen-bond acceptors (Lipinski definition) is 1. The summed E-state index contributed by atoms with van der Waals surface area (Å²) >= 11 is 3.40.